The maximum atomic E-state index is 11.7. The summed E-state index contributed by atoms with van der Waals surface area (Å²) in [5.74, 6) is 0. The van der Waals surface area contributed by atoms with Crippen LogP contribution in [0, 0.1) is 0 Å². The molecule has 0 aliphatic rings. The quantitative estimate of drug-likeness (QED) is 0.380. The third-order valence-electron chi connectivity index (χ3n) is 5.12. The fourth-order valence-electron chi connectivity index (χ4n) is 3.59. The van der Waals surface area contributed by atoms with Gasteiger partial charge in [0.1, 0.15) is 10.1 Å². The molecule has 2 rings (SSSR count). The number of aliphatic hydroxyl groups excluding tert-OH is 2. The molecule has 2 atom stereocenters. The third-order valence-corrected chi connectivity index (χ3v) is 6.01. The summed E-state index contributed by atoms with van der Waals surface area (Å²) in [5, 5.41) is 22.0. The minimum Gasteiger partial charge on any atom is -0.744 e. The van der Waals surface area contributed by atoms with Crippen molar-refractivity contribution in [3.63, 3.8) is 0 Å². The van der Waals surface area contributed by atoms with Crippen LogP contribution in [0.4, 0.5) is 5.69 Å². The first-order valence-electron chi connectivity index (χ1n) is 10.4. The van der Waals surface area contributed by atoms with Gasteiger partial charge in [-0.05, 0) is 25.0 Å². The molecule has 162 valence electrons. The summed E-state index contributed by atoms with van der Waals surface area (Å²) in [4.78, 5) is 1.65. The summed E-state index contributed by atoms with van der Waals surface area (Å²) < 4.78 is 35.0. The van der Waals surface area contributed by atoms with E-state index >= 15 is 0 Å². The second kappa shape index (κ2) is 12.7. The molecule has 0 spiro atoms. The van der Waals surface area contributed by atoms with Gasteiger partial charge in [-0.1, -0.05) is 63.8 Å². The zero-order valence-electron chi connectivity index (χ0n) is 18.3. The number of fused-ring (bicyclic) bond motifs is 1. The van der Waals surface area contributed by atoms with Gasteiger partial charge in [-0.15, -0.1) is 0 Å². The Morgan fingerprint density at radius 1 is 0.900 bits per heavy atom. The summed E-state index contributed by atoms with van der Waals surface area (Å²) in [6, 6.07) is 9.78. The van der Waals surface area contributed by atoms with Gasteiger partial charge in [0.05, 0.1) is 17.1 Å². The summed E-state index contributed by atoms with van der Waals surface area (Å²) in [6.07, 6.45) is 3.96. The van der Waals surface area contributed by atoms with E-state index in [9.17, 15) is 23.2 Å². The molecule has 2 aromatic carbocycles. The minimum absolute atomic E-state index is 0. The standard InChI is InChI=1S/C22H33NO5S.Li/c1-3-5-9-17(24)15-23(16-18(25)10-6-4-2)21-13-14-22(29(26,27)28)20-12-8-7-11-19(20)21;/h7-8,11-14,17-18,24-25H,3-6,9-10,15-16H2,1-2H3,(H,26,27,28);/q;+1/p-1. The fraction of sp³-hybridized carbons (Fsp3) is 0.545. The molecule has 2 unspecified atom stereocenters. The Bertz CT molecular complexity index is 874. The van der Waals surface area contributed by atoms with Crippen LogP contribution in [-0.4, -0.2) is 48.5 Å². The molecule has 0 radical (unpaired) electrons. The van der Waals surface area contributed by atoms with Gasteiger partial charge in [0.2, 0.25) is 0 Å². The largest absolute Gasteiger partial charge is 1.00 e. The van der Waals surface area contributed by atoms with Crippen LogP contribution < -0.4 is 23.8 Å². The number of hydrogen-bond acceptors (Lipinski definition) is 6. The summed E-state index contributed by atoms with van der Waals surface area (Å²) in [5.41, 5.74) is 0.707. The smallest absolute Gasteiger partial charge is 0.744 e. The zero-order valence-corrected chi connectivity index (χ0v) is 19.1. The average molecular weight is 430 g/mol. The van der Waals surface area contributed by atoms with E-state index in [1.54, 1.807) is 30.3 Å². The summed E-state index contributed by atoms with van der Waals surface area (Å²) in [7, 11) is -4.61. The molecule has 8 heteroatoms. The number of unbranched alkanes of at least 4 members (excludes halogenated alkanes) is 2. The van der Waals surface area contributed by atoms with Crippen LogP contribution >= 0.6 is 0 Å². The van der Waals surface area contributed by atoms with Crippen molar-refractivity contribution < 1.29 is 42.0 Å². The van der Waals surface area contributed by atoms with Crippen molar-refractivity contribution in [2.75, 3.05) is 18.0 Å². The molecule has 0 saturated heterocycles. The first kappa shape index (κ1) is 27.0. The van der Waals surface area contributed by atoms with Crippen LogP contribution in [0.25, 0.3) is 10.8 Å². The monoisotopic (exact) mass is 429 g/mol. The molecule has 0 aliphatic carbocycles. The topological polar surface area (TPSA) is 101 Å². The van der Waals surface area contributed by atoms with Crippen molar-refractivity contribution in [2.24, 2.45) is 0 Å². The Morgan fingerprint density at radius 2 is 1.40 bits per heavy atom. The Hall–Kier alpha value is -1.07. The van der Waals surface area contributed by atoms with Gasteiger partial charge in [0.25, 0.3) is 0 Å². The van der Waals surface area contributed by atoms with Crippen molar-refractivity contribution in [3.8, 4) is 0 Å². The molecular formula is C22H32LiNO5S. The van der Waals surface area contributed by atoms with Gasteiger partial charge in [-0.2, -0.15) is 0 Å². The van der Waals surface area contributed by atoms with Crippen LogP contribution in [-0.2, 0) is 10.1 Å². The van der Waals surface area contributed by atoms with Crippen LogP contribution in [0.3, 0.4) is 0 Å². The number of anilines is 1. The van der Waals surface area contributed by atoms with E-state index in [0.29, 0.717) is 42.4 Å². The van der Waals surface area contributed by atoms with E-state index in [1.807, 2.05) is 4.90 Å². The second-order valence-electron chi connectivity index (χ2n) is 7.58. The molecule has 0 bridgehead atoms. The third kappa shape index (κ3) is 7.56. The van der Waals surface area contributed by atoms with Crippen molar-refractivity contribution in [1.29, 1.82) is 0 Å². The minimum atomic E-state index is -4.61. The predicted molar refractivity (Wildman–Crippen MR) is 115 cm³/mol. The SMILES string of the molecule is CCCCC(O)CN(CC(O)CCCC)c1ccc(S(=O)(=O)[O-])c2ccccc12.[Li+]. The molecule has 0 amide bonds. The molecule has 0 heterocycles. The maximum absolute atomic E-state index is 11.7. The van der Waals surface area contributed by atoms with E-state index < -0.39 is 22.3 Å². The molecule has 2 N–H and O–H groups in total. The average Bonchev–Trinajstić information content (AvgIpc) is 2.68. The molecule has 0 aliphatic heterocycles. The van der Waals surface area contributed by atoms with Gasteiger partial charge in [-0.25, -0.2) is 8.42 Å². The number of hydrogen-bond donors (Lipinski definition) is 2. The van der Waals surface area contributed by atoms with E-state index in [4.69, 9.17) is 0 Å². The molecule has 0 saturated carbocycles. The molecular weight excluding hydrogens is 397 g/mol. The Labute approximate surface area is 192 Å². The Morgan fingerprint density at radius 3 is 1.87 bits per heavy atom. The first-order valence-corrected chi connectivity index (χ1v) is 11.8. The first-order chi connectivity index (χ1) is 13.8. The van der Waals surface area contributed by atoms with Crippen LogP contribution in [0.15, 0.2) is 41.3 Å². The fourth-order valence-corrected chi connectivity index (χ4v) is 4.27. The van der Waals surface area contributed by atoms with Gasteiger partial charge in [0, 0.05) is 29.5 Å². The van der Waals surface area contributed by atoms with E-state index in [2.05, 4.69) is 13.8 Å². The Balaban J connectivity index is 0.00000450. The zero-order chi connectivity index (χ0) is 21.4. The molecule has 30 heavy (non-hydrogen) atoms. The maximum Gasteiger partial charge on any atom is 1.00 e. The molecule has 2 aromatic rings. The van der Waals surface area contributed by atoms with Crippen molar-refractivity contribution >= 4 is 26.6 Å². The van der Waals surface area contributed by atoms with E-state index in [0.717, 1.165) is 25.7 Å². The number of benzene rings is 2. The van der Waals surface area contributed by atoms with E-state index in [1.165, 1.54) is 6.07 Å². The van der Waals surface area contributed by atoms with Crippen LogP contribution in [0.2, 0.25) is 0 Å². The number of nitrogens with zero attached hydrogens (tertiary/aromatic N) is 1. The number of aliphatic hydroxyl groups is 2. The van der Waals surface area contributed by atoms with Crippen molar-refractivity contribution in [1.82, 2.24) is 0 Å². The van der Waals surface area contributed by atoms with Crippen LogP contribution in [0.5, 0.6) is 0 Å². The van der Waals surface area contributed by atoms with Crippen molar-refractivity contribution in [2.45, 2.75) is 69.5 Å². The number of rotatable bonds is 12. The Kier molecular flexibility index (Phi) is 11.4. The van der Waals surface area contributed by atoms with Gasteiger partial charge in [-0.3, -0.25) is 0 Å². The predicted octanol–water partition coefficient (Wildman–Crippen LogP) is 0.656. The summed E-state index contributed by atoms with van der Waals surface area (Å²) >= 11 is 0. The normalized spacial score (nSPS) is 13.6. The molecule has 6 nitrogen and oxygen atoms in total. The van der Waals surface area contributed by atoms with Gasteiger partial charge in [0.15, 0.2) is 0 Å². The van der Waals surface area contributed by atoms with Crippen LogP contribution in [0.1, 0.15) is 52.4 Å². The van der Waals surface area contributed by atoms with Crippen molar-refractivity contribution in [3.05, 3.63) is 36.4 Å². The van der Waals surface area contributed by atoms with Gasteiger partial charge >= 0.3 is 18.9 Å². The van der Waals surface area contributed by atoms with Gasteiger partial charge < -0.3 is 19.7 Å². The second-order valence-corrected chi connectivity index (χ2v) is 8.93. The molecule has 0 aromatic heterocycles. The van der Waals surface area contributed by atoms with E-state index in [-0.39, 0.29) is 23.8 Å². The summed E-state index contributed by atoms with van der Waals surface area (Å²) in [6.45, 7) is 4.79. The molecule has 0 fully saturated rings.